The van der Waals surface area contributed by atoms with Crippen LogP contribution in [0.5, 0.6) is 0 Å². The highest BCUT2D eigenvalue weighted by Crippen LogP contribution is 2.42. The minimum Gasteiger partial charge on any atom is -0.456 e. The molecule has 0 radical (unpaired) electrons. The Labute approximate surface area is 262 Å². The van der Waals surface area contributed by atoms with Gasteiger partial charge in [-0.25, -0.2) is 0 Å². The van der Waals surface area contributed by atoms with Gasteiger partial charge in [0.1, 0.15) is 28.4 Å². The smallest absolute Gasteiger partial charge is 0.135 e. The van der Waals surface area contributed by atoms with Crippen LogP contribution in [0.4, 0.5) is 0 Å². The van der Waals surface area contributed by atoms with Gasteiger partial charge in [-0.05, 0) is 77.4 Å². The summed E-state index contributed by atoms with van der Waals surface area (Å²) in [6, 6.07) is 42.7. The Hall–Kier alpha value is -7.12. The zero-order valence-electron chi connectivity index (χ0n) is 24.0. The summed E-state index contributed by atoms with van der Waals surface area (Å²) in [5, 5.41) is 44.3. The number of fused-ring (bicyclic) bond motifs is 6. The van der Waals surface area contributed by atoms with Gasteiger partial charge < -0.3 is 8.83 Å². The van der Waals surface area contributed by atoms with Gasteiger partial charge in [-0.3, -0.25) is 0 Å². The number of rotatable bonds is 3. The molecule has 0 N–H and O–H groups in total. The van der Waals surface area contributed by atoms with Crippen LogP contribution in [0.25, 0.3) is 77.3 Å². The summed E-state index contributed by atoms with van der Waals surface area (Å²) in [5.41, 5.74) is 7.84. The average molecular weight is 587 g/mol. The Morgan fingerprint density at radius 1 is 0.413 bits per heavy atom. The molecule has 0 atom stereocenters. The molecule has 0 saturated heterocycles. The zero-order valence-corrected chi connectivity index (χ0v) is 24.0. The fourth-order valence-corrected chi connectivity index (χ4v) is 6.34. The third-order valence-electron chi connectivity index (χ3n) is 8.42. The number of hydrogen-bond acceptors (Lipinski definition) is 6. The zero-order chi connectivity index (χ0) is 31.4. The highest BCUT2D eigenvalue weighted by atomic mass is 16.3. The molecule has 6 heteroatoms. The Morgan fingerprint density at radius 3 is 1.35 bits per heavy atom. The quantitative estimate of drug-likeness (QED) is 0.203. The second-order valence-corrected chi connectivity index (χ2v) is 11.0. The lowest BCUT2D eigenvalue weighted by atomic mass is 9.85. The van der Waals surface area contributed by atoms with E-state index in [4.69, 9.17) is 8.83 Å². The molecule has 0 aliphatic carbocycles. The predicted molar refractivity (Wildman–Crippen MR) is 176 cm³/mol. The molecule has 2 heterocycles. The fourth-order valence-electron chi connectivity index (χ4n) is 6.34. The molecule has 0 spiro atoms. The Balaban J connectivity index is 1.46. The summed E-state index contributed by atoms with van der Waals surface area (Å²) < 4.78 is 12.1. The van der Waals surface area contributed by atoms with Crippen molar-refractivity contribution in [2.45, 2.75) is 0 Å². The largest absolute Gasteiger partial charge is 0.456 e. The van der Waals surface area contributed by atoms with E-state index >= 15 is 0 Å². The molecule has 0 saturated carbocycles. The molecule has 8 aromatic rings. The molecule has 0 unspecified atom stereocenters. The minimum absolute atomic E-state index is 0.199. The monoisotopic (exact) mass is 586 g/mol. The van der Waals surface area contributed by atoms with Crippen LogP contribution in [0.3, 0.4) is 0 Å². The summed E-state index contributed by atoms with van der Waals surface area (Å²) >= 11 is 0. The molecule has 0 amide bonds. The molecule has 0 aliphatic rings. The van der Waals surface area contributed by atoms with Crippen molar-refractivity contribution in [1.82, 2.24) is 0 Å². The molecule has 210 valence electrons. The number of para-hydroxylation sites is 2. The van der Waals surface area contributed by atoms with E-state index in [1.165, 1.54) is 12.1 Å². The van der Waals surface area contributed by atoms with Crippen LogP contribution in [0.1, 0.15) is 22.3 Å². The van der Waals surface area contributed by atoms with Crippen LogP contribution in [-0.4, -0.2) is 0 Å². The third kappa shape index (κ3) is 4.00. The van der Waals surface area contributed by atoms with Crippen molar-refractivity contribution < 1.29 is 8.83 Å². The minimum atomic E-state index is 0.199. The van der Waals surface area contributed by atoms with Crippen molar-refractivity contribution in [3.05, 3.63) is 131 Å². The van der Waals surface area contributed by atoms with E-state index in [9.17, 15) is 21.0 Å². The number of nitrogens with zero attached hydrogens (tertiary/aromatic N) is 4. The Morgan fingerprint density at radius 2 is 0.891 bits per heavy atom. The SMILES string of the molecule is N#Cc1cc(C#N)c(-c2cc(-c3ccc4oc5ccccc5c4c3)c(C#N)c(-c3ccc4oc5ccccc5c4c3)c2)c(C#N)c1. The number of hydrogen-bond donors (Lipinski definition) is 0. The van der Waals surface area contributed by atoms with Crippen molar-refractivity contribution in [3.63, 3.8) is 0 Å². The van der Waals surface area contributed by atoms with E-state index in [2.05, 4.69) is 18.2 Å². The first kappa shape index (κ1) is 26.5. The van der Waals surface area contributed by atoms with Crippen LogP contribution in [0, 0.1) is 45.3 Å². The summed E-state index contributed by atoms with van der Waals surface area (Å²) in [6.07, 6.45) is 0. The molecular formula is C40H18N4O2. The summed E-state index contributed by atoms with van der Waals surface area (Å²) in [4.78, 5) is 0. The van der Waals surface area contributed by atoms with E-state index in [1.807, 2.05) is 103 Å². The number of furan rings is 2. The van der Waals surface area contributed by atoms with Crippen LogP contribution in [-0.2, 0) is 0 Å². The summed E-state index contributed by atoms with van der Waals surface area (Å²) in [6.45, 7) is 0. The predicted octanol–water partition coefficient (Wildman–Crippen LogP) is 9.97. The Bertz CT molecular complexity index is 2580. The van der Waals surface area contributed by atoms with Gasteiger partial charge in [0.25, 0.3) is 0 Å². The summed E-state index contributed by atoms with van der Waals surface area (Å²) in [5.74, 6) is 0. The molecule has 0 fully saturated rings. The highest BCUT2D eigenvalue weighted by molar-refractivity contribution is 6.08. The van der Waals surface area contributed by atoms with Crippen molar-refractivity contribution >= 4 is 43.9 Å². The van der Waals surface area contributed by atoms with E-state index in [0.717, 1.165) is 55.0 Å². The van der Waals surface area contributed by atoms with E-state index in [-0.39, 0.29) is 16.7 Å². The molecular weight excluding hydrogens is 568 g/mol. The maximum Gasteiger partial charge on any atom is 0.135 e. The van der Waals surface area contributed by atoms with Crippen LogP contribution in [0.15, 0.2) is 118 Å². The second-order valence-electron chi connectivity index (χ2n) is 11.0. The lowest BCUT2D eigenvalue weighted by Gasteiger charge is -2.16. The van der Waals surface area contributed by atoms with Crippen molar-refractivity contribution in [1.29, 1.82) is 21.0 Å². The van der Waals surface area contributed by atoms with Gasteiger partial charge in [0, 0.05) is 38.2 Å². The van der Waals surface area contributed by atoms with Gasteiger partial charge in [-0.15, -0.1) is 0 Å². The fraction of sp³-hybridized carbons (Fsp3) is 0. The first-order valence-electron chi connectivity index (χ1n) is 14.4. The van der Waals surface area contributed by atoms with Crippen LogP contribution < -0.4 is 0 Å². The first-order valence-corrected chi connectivity index (χ1v) is 14.4. The molecule has 46 heavy (non-hydrogen) atoms. The van der Waals surface area contributed by atoms with E-state index in [1.54, 1.807) is 0 Å². The van der Waals surface area contributed by atoms with Crippen molar-refractivity contribution in [2.75, 3.05) is 0 Å². The summed E-state index contributed by atoms with van der Waals surface area (Å²) in [7, 11) is 0. The lowest BCUT2D eigenvalue weighted by molar-refractivity contribution is 0.668. The van der Waals surface area contributed by atoms with Gasteiger partial charge in [-0.1, -0.05) is 48.5 Å². The van der Waals surface area contributed by atoms with Crippen molar-refractivity contribution in [2.24, 2.45) is 0 Å². The number of benzene rings is 6. The highest BCUT2D eigenvalue weighted by Gasteiger charge is 2.21. The Kier molecular flexibility index (Phi) is 5.91. The van der Waals surface area contributed by atoms with E-state index < -0.39 is 0 Å². The third-order valence-corrected chi connectivity index (χ3v) is 8.42. The molecule has 6 nitrogen and oxygen atoms in total. The normalized spacial score (nSPS) is 11.0. The van der Waals surface area contributed by atoms with Crippen LogP contribution >= 0.6 is 0 Å². The van der Waals surface area contributed by atoms with Gasteiger partial charge in [0.05, 0.1) is 40.5 Å². The average Bonchev–Trinajstić information content (AvgIpc) is 3.68. The van der Waals surface area contributed by atoms with Crippen LogP contribution in [0.2, 0.25) is 0 Å². The van der Waals surface area contributed by atoms with Gasteiger partial charge >= 0.3 is 0 Å². The molecule has 0 aliphatic heterocycles. The molecule has 8 rings (SSSR count). The molecule has 0 bridgehead atoms. The maximum atomic E-state index is 10.7. The first-order chi connectivity index (χ1) is 22.6. The standard InChI is InChI=1S/C40H18N4O2/c41-19-23-13-27(20-42)40(28(14-23)21-43)26-17-31(24-9-11-38-33(15-24)29-5-1-3-7-36(29)45-38)35(22-44)32(18-26)25-10-12-39-34(16-25)30-6-2-4-8-37(30)46-39/h1-18H. The maximum absolute atomic E-state index is 10.7. The second kappa shape index (κ2) is 10.3. The number of nitriles is 4. The van der Waals surface area contributed by atoms with Gasteiger partial charge in [0.2, 0.25) is 0 Å². The van der Waals surface area contributed by atoms with Gasteiger partial charge in [0.15, 0.2) is 0 Å². The van der Waals surface area contributed by atoms with Gasteiger partial charge in [-0.2, -0.15) is 21.0 Å². The van der Waals surface area contributed by atoms with Crippen molar-refractivity contribution in [3.8, 4) is 57.7 Å². The molecule has 2 aromatic heterocycles. The lowest BCUT2D eigenvalue weighted by Crippen LogP contribution is -1.97. The molecule has 6 aromatic carbocycles. The van der Waals surface area contributed by atoms with E-state index in [0.29, 0.717) is 27.8 Å². The topological polar surface area (TPSA) is 121 Å².